The molecule has 0 bridgehead atoms. The first kappa shape index (κ1) is 22.9. The van der Waals surface area contributed by atoms with Gasteiger partial charge in [0, 0.05) is 29.2 Å². The van der Waals surface area contributed by atoms with Crippen LogP contribution in [0.15, 0.2) is 30.5 Å². The third-order valence-corrected chi connectivity index (χ3v) is 9.36. The lowest BCUT2D eigenvalue weighted by Crippen LogP contribution is -2.38. The molecule has 2 aromatic rings. The van der Waals surface area contributed by atoms with E-state index in [1.54, 1.807) is 11.3 Å². The third-order valence-electron chi connectivity index (χ3n) is 4.29. The highest BCUT2D eigenvalue weighted by atomic mass is 32.2. The Hall–Kier alpha value is -1.80. The summed E-state index contributed by atoms with van der Waals surface area (Å²) in [5.74, 6) is 0.269. The van der Waals surface area contributed by atoms with Gasteiger partial charge < -0.3 is 15.7 Å². The normalized spacial score (nSPS) is 17.9. The number of thiophene rings is 2. The van der Waals surface area contributed by atoms with Crippen molar-refractivity contribution in [2.45, 2.75) is 31.0 Å². The molecule has 0 aromatic carbocycles. The van der Waals surface area contributed by atoms with Crippen LogP contribution in [0.5, 0.6) is 5.75 Å². The minimum atomic E-state index is -3.79. The van der Waals surface area contributed by atoms with Crippen molar-refractivity contribution < 1.29 is 17.7 Å². The molecule has 0 saturated heterocycles. The Kier molecular flexibility index (Phi) is 6.67. The average Bonchev–Trinajstić information content (AvgIpc) is 3.33. The number of sulfonamides is 1. The van der Waals surface area contributed by atoms with Crippen LogP contribution in [-0.2, 0) is 21.2 Å². The number of nitrogens with one attached hydrogen (secondary N) is 2. The second kappa shape index (κ2) is 8.75. The topological polar surface area (TPSA) is 123 Å². The van der Waals surface area contributed by atoms with E-state index in [4.69, 9.17) is 0 Å². The molecule has 0 radical (unpaired) electrons. The summed E-state index contributed by atoms with van der Waals surface area (Å²) in [5.41, 5.74) is 0.153. The summed E-state index contributed by atoms with van der Waals surface area (Å²) in [7, 11) is -1.02. The van der Waals surface area contributed by atoms with E-state index in [2.05, 4.69) is 33.3 Å². The third kappa shape index (κ3) is 4.59. The van der Waals surface area contributed by atoms with Gasteiger partial charge in [-0.1, -0.05) is 13.8 Å². The SMILES string of the molecule is Cc1ccc([C@H](NC2=NS(=O)N=C2Nc2csc(S(=O)(=O)N(C)C)c2O)C(C)C)s1. The zero-order chi connectivity index (χ0) is 22.2. The summed E-state index contributed by atoms with van der Waals surface area (Å²) < 4.78 is 45.5. The van der Waals surface area contributed by atoms with Gasteiger partial charge in [0.15, 0.2) is 21.6 Å². The Morgan fingerprint density at radius 3 is 2.43 bits per heavy atom. The molecule has 1 aliphatic heterocycles. The summed E-state index contributed by atoms with van der Waals surface area (Å²) >= 11 is 0.733. The van der Waals surface area contributed by atoms with Crippen LogP contribution in [0.1, 0.15) is 29.6 Å². The Balaban J connectivity index is 1.85. The lowest BCUT2D eigenvalue weighted by Gasteiger charge is -2.22. The summed E-state index contributed by atoms with van der Waals surface area (Å²) in [4.78, 5) is 2.29. The van der Waals surface area contributed by atoms with Gasteiger partial charge in [0.1, 0.15) is 0 Å². The van der Waals surface area contributed by atoms with Crippen LogP contribution < -0.4 is 10.6 Å². The Morgan fingerprint density at radius 2 is 1.87 bits per heavy atom. The molecule has 164 valence electrons. The van der Waals surface area contributed by atoms with Crippen LogP contribution in [-0.4, -0.2) is 47.8 Å². The number of aromatic hydroxyl groups is 1. The van der Waals surface area contributed by atoms with Crippen molar-refractivity contribution in [2.75, 3.05) is 19.4 Å². The van der Waals surface area contributed by atoms with E-state index in [1.165, 1.54) is 24.4 Å². The molecular weight excluding hydrogens is 466 g/mol. The van der Waals surface area contributed by atoms with Gasteiger partial charge in [0.05, 0.1) is 11.7 Å². The molecule has 1 unspecified atom stereocenters. The van der Waals surface area contributed by atoms with Crippen LogP contribution in [0.2, 0.25) is 0 Å². The first-order valence-electron chi connectivity index (χ1n) is 8.93. The van der Waals surface area contributed by atoms with Crippen LogP contribution in [0.3, 0.4) is 0 Å². The number of hydrogen-bond acceptors (Lipinski definition) is 8. The monoisotopic (exact) mass is 489 g/mol. The van der Waals surface area contributed by atoms with Gasteiger partial charge in [-0.3, -0.25) is 0 Å². The van der Waals surface area contributed by atoms with Crippen molar-refractivity contribution in [2.24, 2.45) is 14.7 Å². The van der Waals surface area contributed by atoms with Crippen LogP contribution in [0.4, 0.5) is 5.69 Å². The standard InChI is InChI=1S/C17H23N5O4S4/c1-9(2)13(12-7-6-10(3)28-12)19-16-15(20-29(24)21-16)18-11-8-27-17(14(11)23)30(25,26)22(4)5/h6-9,13,23H,1-5H3,(H,18,20)(H,19,21)/t13-,29?/m1/s1. The fourth-order valence-corrected chi connectivity index (χ4v) is 6.78. The van der Waals surface area contributed by atoms with Crippen molar-refractivity contribution in [3.63, 3.8) is 0 Å². The summed E-state index contributed by atoms with van der Waals surface area (Å²) in [6, 6.07) is 4.00. The van der Waals surface area contributed by atoms with Crippen molar-refractivity contribution >= 4 is 61.2 Å². The van der Waals surface area contributed by atoms with E-state index in [1.807, 2.05) is 19.1 Å². The molecule has 30 heavy (non-hydrogen) atoms. The summed E-state index contributed by atoms with van der Waals surface area (Å²) in [5, 5.41) is 18.1. The van der Waals surface area contributed by atoms with Gasteiger partial charge >= 0.3 is 0 Å². The lowest BCUT2D eigenvalue weighted by atomic mass is 10.0. The minimum Gasteiger partial charge on any atom is -0.504 e. The molecule has 3 heterocycles. The highest BCUT2D eigenvalue weighted by Crippen LogP contribution is 2.39. The zero-order valence-corrected chi connectivity index (χ0v) is 20.3. The largest absolute Gasteiger partial charge is 0.504 e. The Labute approximate surface area is 186 Å². The molecule has 1 aliphatic rings. The van der Waals surface area contributed by atoms with Crippen LogP contribution >= 0.6 is 22.7 Å². The number of rotatable bonds is 6. The zero-order valence-electron chi connectivity index (χ0n) is 17.0. The predicted octanol–water partition coefficient (Wildman–Crippen LogP) is 2.86. The van der Waals surface area contributed by atoms with Crippen LogP contribution in [0.25, 0.3) is 0 Å². The van der Waals surface area contributed by atoms with E-state index in [9.17, 15) is 17.7 Å². The fraction of sp³-hybridized carbons (Fsp3) is 0.412. The summed E-state index contributed by atoms with van der Waals surface area (Å²) in [6.45, 7) is 6.15. The second-order valence-electron chi connectivity index (χ2n) is 7.12. The predicted molar refractivity (Wildman–Crippen MR) is 123 cm³/mol. The highest BCUT2D eigenvalue weighted by Gasteiger charge is 2.29. The fourth-order valence-electron chi connectivity index (χ4n) is 2.67. The molecule has 3 rings (SSSR count). The molecule has 0 fully saturated rings. The number of aryl methyl sites for hydroxylation is 1. The molecule has 2 aromatic heterocycles. The van der Waals surface area contributed by atoms with Gasteiger partial charge in [0.2, 0.25) is 0 Å². The highest BCUT2D eigenvalue weighted by molar-refractivity contribution is 7.91. The van der Waals surface area contributed by atoms with Crippen molar-refractivity contribution in [1.29, 1.82) is 0 Å². The quantitative estimate of drug-likeness (QED) is 0.573. The van der Waals surface area contributed by atoms with E-state index >= 15 is 0 Å². The first-order chi connectivity index (χ1) is 14.0. The molecule has 2 atom stereocenters. The van der Waals surface area contributed by atoms with E-state index in [0.717, 1.165) is 20.5 Å². The maximum atomic E-state index is 12.3. The number of amidine groups is 2. The van der Waals surface area contributed by atoms with Crippen LogP contribution in [0, 0.1) is 12.8 Å². The van der Waals surface area contributed by atoms with E-state index in [-0.39, 0.29) is 27.7 Å². The average molecular weight is 490 g/mol. The van der Waals surface area contributed by atoms with Gasteiger partial charge in [-0.05, 0) is 25.0 Å². The van der Waals surface area contributed by atoms with E-state index < -0.39 is 26.9 Å². The Morgan fingerprint density at radius 1 is 1.20 bits per heavy atom. The van der Waals surface area contributed by atoms with Crippen molar-refractivity contribution in [3.05, 3.63) is 27.3 Å². The Bertz CT molecular complexity index is 1130. The molecule has 9 nitrogen and oxygen atoms in total. The molecular formula is C17H23N5O4S4. The lowest BCUT2D eigenvalue weighted by molar-refractivity contribution is 0.460. The second-order valence-corrected chi connectivity index (χ2v) is 12.5. The number of hydrogen-bond donors (Lipinski definition) is 3. The van der Waals surface area contributed by atoms with Crippen molar-refractivity contribution in [1.82, 2.24) is 9.62 Å². The molecule has 13 heteroatoms. The summed E-state index contributed by atoms with van der Waals surface area (Å²) in [6.07, 6.45) is 0. The van der Waals surface area contributed by atoms with E-state index in [0.29, 0.717) is 5.84 Å². The maximum Gasteiger partial charge on any atom is 0.269 e. The number of nitrogens with zero attached hydrogens (tertiary/aromatic N) is 3. The first-order valence-corrected chi connectivity index (χ1v) is 13.1. The van der Waals surface area contributed by atoms with Crippen molar-refractivity contribution in [3.8, 4) is 5.75 Å². The number of anilines is 1. The molecule has 0 spiro atoms. The van der Waals surface area contributed by atoms with Gasteiger partial charge in [0.25, 0.3) is 21.2 Å². The molecule has 0 amide bonds. The molecule has 0 saturated carbocycles. The maximum absolute atomic E-state index is 12.3. The van der Waals surface area contributed by atoms with Gasteiger partial charge in [-0.2, -0.15) is 0 Å². The molecule has 3 N–H and O–H groups in total. The van der Waals surface area contributed by atoms with Gasteiger partial charge in [-0.15, -0.1) is 31.5 Å². The molecule has 0 aliphatic carbocycles. The minimum absolute atomic E-state index is 0.0784. The smallest absolute Gasteiger partial charge is 0.269 e. The van der Waals surface area contributed by atoms with Gasteiger partial charge in [-0.25, -0.2) is 16.9 Å².